The Hall–Kier alpha value is 0.00636. The number of benzene rings is 1. The van der Waals surface area contributed by atoms with Crippen molar-refractivity contribution in [2.24, 2.45) is 11.7 Å². The maximum Gasteiger partial charge on any atom is 1.00 e. The fraction of sp³-hybridized carbons (Fsp3) is 0. The van der Waals surface area contributed by atoms with E-state index in [1.807, 2.05) is 0 Å². The molecule has 9 N–H and O–H groups in total. The summed E-state index contributed by atoms with van der Waals surface area (Å²) in [6.45, 7) is 0. The van der Waals surface area contributed by atoms with Crippen LogP contribution in [0.1, 0.15) is 11.8 Å². The molecule has 3 amide bonds. The van der Waals surface area contributed by atoms with Crippen molar-refractivity contribution in [1.82, 2.24) is 10.4 Å². The van der Waals surface area contributed by atoms with Gasteiger partial charge in [-0.15, -0.1) is 0 Å². The van der Waals surface area contributed by atoms with Crippen molar-refractivity contribution in [2.75, 3.05) is 0 Å². The van der Waals surface area contributed by atoms with E-state index < -0.39 is 16.4 Å². The van der Waals surface area contributed by atoms with Crippen molar-refractivity contribution in [3.8, 4) is 0 Å². The van der Waals surface area contributed by atoms with Gasteiger partial charge in [-0.2, -0.15) is 0 Å². The van der Waals surface area contributed by atoms with Gasteiger partial charge in [-0.3, -0.25) is 19.8 Å². The second-order valence-corrected chi connectivity index (χ2v) is 3.56. The Bertz CT molecular complexity index is 443. The number of hydrogen-bond donors (Lipinski definition) is 5. The molecule has 0 aliphatic carbocycles. The average molecular weight is 364 g/mol. The summed E-state index contributed by atoms with van der Waals surface area (Å²) < 4.78 is 0. The summed E-state index contributed by atoms with van der Waals surface area (Å²) in [6, 6.07) is 8.27. The zero-order valence-corrected chi connectivity index (χ0v) is 16.0. The van der Waals surface area contributed by atoms with Gasteiger partial charge in [0.2, 0.25) is 0 Å². The molecular weight excluding hydrogens is 347 g/mol. The first kappa shape index (κ1) is 29.1. The predicted molar refractivity (Wildman–Crippen MR) is 81.2 cm³/mol. The van der Waals surface area contributed by atoms with Gasteiger partial charge in [-0.1, -0.05) is 43.5 Å². The Labute approximate surface area is 176 Å². The van der Waals surface area contributed by atoms with Crippen LogP contribution >= 0.6 is 25.3 Å². The van der Waals surface area contributed by atoms with Crippen LogP contribution in [0, 0.1) is 0 Å². The number of nitrogens with zero attached hydrogens (tertiary/aromatic N) is 1. The quantitative estimate of drug-likeness (QED) is 0.112. The normalized spacial score (nSPS) is 7.43. The average Bonchev–Trinajstić information content (AvgIpc) is 2.38. The minimum absolute atomic E-state index is 0. The van der Waals surface area contributed by atoms with Crippen molar-refractivity contribution in [2.45, 2.75) is 0 Å². The predicted octanol–water partition coefficient (Wildman–Crippen LogP) is -3.98. The van der Waals surface area contributed by atoms with E-state index in [1.165, 1.54) is 0 Å². The molecule has 116 valence electrons. The molecule has 21 heavy (non-hydrogen) atoms. The molecule has 0 radical (unpaired) electrons. The van der Waals surface area contributed by atoms with Gasteiger partial charge in [-0.25, -0.2) is 16.7 Å². The summed E-state index contributed by atoms with van der Waals surface area (Å²) in [7, 11) is 0. The Balaban J connectivity index is -0.0000000952. The molecule has 0 heterocycles. The largest absolute Gasteiger partial charge is 1.00 e. The van der Waals surface area contributed by atoms with Gasteiger partial charge in [0.05, 0.1) is 0 Å². The Morgan fingerprint density at radius 2 is 1.48 bits per heavy atom. The van der Waals surface area contributed by atoms with E-state index >= 15 is 0 Å². The smallest absolute Gasteiger partial charge is 1.00 e. The van der Waals surface area contributed by atoms with Gasteiger partial charge in [0.15, 0.2) is 0 Å². The van der Waals surface area contributed by atoms with E-state index in [4.69, 9.17) is 5.84 Å². The van der Waals surface area contributed by atoms with Crippen molar-refractivity contribution >= 4 is 41.6 Å². The van der Waals surface area contributed by atoms with Crippen LogP contribution in [0.5, 0.6) is 0 Å². The Morgan fingerprint density at radius 1 is 1.10 bits per heavy atom. The summed E-state index contributed by atoms with van der Waals surface area (Å²) >= 11 is 6.65. The molecule has 1 aromatic rings. The van der Waals surface area contributed by atoms with Crippen molar-refractivity contribution in [3.05, 3.63) is 35.9 Å². The zero-order chi connectivity index (χ0) is 14.1. The molecule has 0 spiro atoms. The van der Waals surface area contributed by atoms with Gasteiger partial charge < -0.3 is 12.4 Å². The van der Waals surface area contributed by atoms with Crippen LogP contribution in [-0.4, -0.2) is 32.3 Å². The number of nitrogens with one attached hydrogen (secondary N) is 1. The number of carbonyl (C=O) groups is 3. The number of hydrogen-bond acceptors (Lipinski definition) is 5. The first-order chi connectivity index (χ1) is 8.40. The van der Waals surface area contributed by atoms with Crippen molar-refractivity contribution in [3.63, 3.8) is 0 Å². The minimum Gasteiger partial charge on any atom is -1.00 e. The van der Waals surface area contributed by atoms with Crippen LogP contribution < -0.4 is 68.5 Å². The molecule has 0 unspecified atom stereocenters. The van der Waals surface area contributed by atoms with Crippen LogP contribution in [0.15, 0.2) is 30.3 Å². The maximum absolute atomic E-state index is 11.3. The SMILES string of the molecule is NN(C(=O)S)C(=O)c1ccccc1.NNC(=O)S.O.O.[H-].[K+]. The molecular formula is C9H17KN4O5S2. The van der Waals surface area contributed by atoms with Crippen LogP contribution in [0.3, 0.4) is 0 Å². The summed E-state index contributed by atoms with van der Waals surface area (Å²) in [4.78, 5) is 31.4. The van der Waals surface area contributed by atoms with E-state index in [9.17, 15) is 14.4 Å². The Kier molecular flexibility index (Phi) is 22.7. The fourth-order valence-corrected chi connectivity index (χ4v) is 0.898. The number of hydrazine groups is 2. The van der Waals surface area contributed by atoms with Gasteiger partial charge in [0, 0.05) is 5.56 Å². The minimum atomic E-state index is -0.783. The molecule has 1 rings (SSSR count). The van der Waals surface area contributed by atoms with E-state index in [1.54, 1.807) is 35.8 Å². The van der Waals surface area contributed by atoms with Crippen molar-refractivity contribution in [1.29, 1.82) is 0 Å². The molecule has 0 aliphatic heterocycles. The molecule has 0 fully saturated rings. The third-order valence-electron chi connectivity index (χ3n) is 1.57. The van der Waals surface area contributed by atoms with Crippen LogP contribution in [-0.2, 0) is 0 Å². The van der Waals surface area contributed by atoms with Crippen LogP contribution in [0.4, 0.5) is 9.59 Å². The monoisotopic (exact) mass is 364 g/mol. The molecule has 1 aromatic carbocycles. The fourth-order valence-electron chi connectivity index (χ4n) is 0.807. The zero-order valence-electron chi connectivity index (χ0n) is 12.1. The molecule has 9 nitrogen and oxygen atoms in total. The first-order valence-corrected chi connectivity index (χ1v) is 5.36. The van der Waals surface area contributed by atoms with Gasteiger partial charge in [-0.05, 0) is 12.1 Å². The topological polar surface area (TPSA) is 182 Å². The molecule has 12 heteroatoms. The van der Waals surface area contributed by atoms with E-state index in [0.717, 1.165) is 0 Å². The molecule has 0 aliphatic rings. The van der Waals surface area contributed by atoms with Gasteiger partial charge >= 0.3 is 51.4 Å². The van der Waals surface area contributed by atoms with Gasteiger partial charge in [0.1, 0.15) is 0 Å². The number of nitrogens with two attached hydrogens (primary N) is 2. The molecule has 0 saturated carbocycles. The molecule has 0 aromatic heterocycles. The first-order valence-electron chi connectivity index (χ1n) is 4.46. The number of rotatable bonds is 1. The number of carbonyl (C=O) groups excluding carboxylic acids is 3. The van der Waals surface area contributed by atoms with E-state index in [-0.39, 0.29) is 63.8 Å². The van der Waals surface area contributed by atoms with E-state index in [2.05, 4.69) is 31.1 Å². The summed E-state index contributed by atoms with van der Waals surface area (Å²) in [5.74, 6) is 9.08. The third-order valence-corrected chi connectivity index (χ3v) is 1.91. The second-order valence-electron chi connectivity index (χ2n) is 2.77. The maximum atomic E-state index is 11.3. The van der Waals surface area contributed by atoms with Crippen LogP contribution in [0.2, 0.25) is 0 Å². The molecule has 0 atom stereocenters. The van der Waals surface area contributed by atoms with Crippen LogP contribution in [0.25, 0.3) is 0 Å². The standard InChI is InChI=1S/C8H8N2O2S.CH4N2OS.K.2H2O.H/c9-10(8(12)13)7(11)6-4-2-1-3-5-6;2-3-1(4)5;;;;/h1-5H,9H2,(H,12,13);2H2,(H2,3,4,5);;2*1H2;/q;;+1;;;-1. The Morgan fingerprint density at radius 3 is 1.76 bits per heavy atom. The number of imide groups is 1. The molecule has 0 saturated heterocycles. The second kappa shape index (κ2) is 16.4. The number of amides is 3. The third kappa shape index (κ3) is 13.4. The molecule has 0 bridgehead atoms. The van der Waals surface area contributed by atoms with Crippen molar-refractivity contribution < 1.29 is 78.1 Å². The summed E-state index contributed by atoms with van der Waals surface area (Å²) in [5.41, 5.74) is 2.11. The number of thiol groups is 2. The van der Waals surface area contributed by atoms with E-state index in [0.29, 0.717) is 10.6 Å². The van der Waals surface area contributed by atoms with Gasteiger partial charge in [0.25, 0.3) is 16.4 Å². The summed E-state index contributed by atoms with van der Waals surface area (Å²) in [6.07, 6.45) is 0. The summed E-state index contributed by atoms with van der Waals surface area (Å²) in [5, 5.41) is -0.850.